The number of amides is 1. The van der Waals surface area contributed by atoms with E-state index in [-0.39, 0.29) is 5.91 Å². The molecule has 4 nitrogen and oxygen atoms in total. The number of aliphatic carboxylic acids is 1. The van der Waals surface area contributed by atoms with Crippen LogP contribution < -0.4 is 5.32 Å². The Labute approximate surface area is 127 Å². The lowest BCUT2D eigenvalue weighted by Crippen LogP contribution is -2.53. The Balaban J connectivity index is 2.38. The van der Waals surface area contributed by atoms with Gasteiger partial charge in [-0.2, -0.15) is 0 Å². The average Bonchev–Trinajstić information content (AvgIpc) is 2.82. The molecule has 1 amide bonds. The highest BCUT2D eigenvalue weighted by atomic mass is 32.1. The molecule has 0 saturated heterocycles. The summed E-state index contributed by atoms with van der Waals surface area (Å²) < 4.78 is 1.04. The van der Waals surface area contributed by atoms with E-state index in [1.807, 2.05) is 31.2 Å². The van der Waals surface area contributed by atoms with E-state index in [0.717, 1.165) is 15.6 Å². The largest absolute Gasteiger partial charge is 0.480 e. The summed E-state index contributed by atoms with van der Waals surface area (Å²) in [4.78, 5) is 24.6. The molecule has 0 aliphatic rings. The van der Waals surface area contributed by atoms with E-state index < -0.39 is 11.5 Å². The van der Waals surface area contributed by atoms with Crippen molar-refractivity contribution in [2.75, 3.05) is 0 Å². The number of hydrogen-bond acceptors (Lipinski definition) is 3. The molecule has 112 valence electrons. The highest BCUT2D eigenvalue weighted by Gasteiger charge is 2.37. The third-order valence-electron chi connectivity index (χ3n) is 4.02. The Hall–Kier alpha value is -1.88. The molecule has 21 heavy (non-hydrogen) atoms. The number of thiophene rings is 1. The number of carbonyl (C=O) groups excluding carboxylic acids is 1. The number of carbonyl (C=O) groups is 2. The molecule has 2 N–H and O–H groups in total. The monoisotopic (exact) mass is 305 g/mol. The molecule has 0 spiro atoms. The van der Waals surface area contributed by atoms with E-state index in [1.54, 1.807) is 13.8 Å². The van der Waals surface area contributed by atoms with Crippen molar-refractivity contribution < 1.29 is 14.7 Å². The van der Waals surface area contributed by atoms with Gasteiger partial charge >= 0.3 is 5.97 Å². The van der Waals surface area contributed by atoms with Crippen molar-refractivity contribution in [3.63, 3.8) is 0 Å². The van der Waals surface area contributed by atoms with Crippen molar-refractivity contribution >= 4 is 33.3 Å². The zero-order valence-corrected chi connectivity index (χ0v) is 13.2. The molecule has 0 saturated carbocycles. The summed E-state index contributed by atoms with van der Waals surface area (Å²) in [5.41, 5.74) is -0.292. The van der Waals surface area contributed by atoms with Crippen LogP contribution in [0.4, 0.5) is 0 Å². The molecule has 2 rings (SSSR count). The van der Waals surface area contributed by atoms with Crippen LogP contribution in [0.2, 0.25) is 0 Å². The Morgan fingerprint density at radius 2 is 1.86 bits per heavy atom. The van der Waals surface area contributed by atoms with Gasteiger partial charge in [-0.1, -0.05) is 32.0 Å². The number of aryl methyl sites for hydroxylation is 1. The number of carboxylic acid groups (broad SMARTS) is 1. The highest BCUT2D eigenvalue weighted by molar-refractivity contribution is 7.21. The number of nitrogens with one attached hydrogen (secondary N) is 1. The molecule has 5 heteroatoms. The average molecular weight is 305 g/mol. The van der Waals surface area contributed by atoms with E-state index in [1.165, 1.54) is 11.3 Å². The Morgan fingerprint density at radius 3 is 2.38 bits per heavy atom. The first-order valence-electron chi connectivity index (χ1n) is 6.99. The second-order valence-electron chi connectivity index (χ2n) is 5.10. The molecule has 1 aromatic carbocycles. The second-order valence-corrected chi connectivity index (χ2v) is 6.15. The normalized spacial score (nSPS) is 11.6. The lowest BCUT2D eigenvalue weighted by Gasteiger charge is -2.27. The molecule has 0 unspecified atom stereocenters. The van der Waals surface area contributed by atoms with Crippen LogP contribution in [0.3, 0.4) is 0 Å². The van der Waals surface area contributed by atoms with Crippen molar-refractivity contribution in [2.24, 2.45) is 0 Å². The van der Waals surface area contributed by atoms with Gasteiger partial charge in [0.15, 0.2) is 0 Å². The fourth-order valence-electron chi connectivity index (χ4n) is 2.45. The number of hydrogen-bond donors (Lipinski definition) is 2. The van der Waals surface area contributed by atoms with E-state index in [0.29, 0.717) is 17.7 Å². The fourth-order valence-corrected chi connectivity index (χ4v) is 3.55. The predicted octanol–water partition coefficient (Wildman–Crippen LogP) is 3.58. The Morgan fingerprint density at radius 1 is 1.24 bits per heavy atom. The van der Waals surface area contributed by atoms with Crippen LogP contribution >= 0.6 is 11.3 Å². The van der Waals surface area contributed by atoms with Crippen molar-refractivity contribution in [1.82, 2.24) is 5.32 Å². The summed E-state index contributed by atoms with van der Waals surface area (Å²) in [7, 11) is 0. The van der Waals surface area contributed by atoms with Crippen molar-refractivity contribution in [2.45, 2.75) is 39.2 Å². The minimum atomic E-state index is -1.19. The van der Waals surface area contributed by atoms with Crippen LogP contribution in [0.1, 0.15) is 41.9 Å². The fraction of sp³-hybridized carbons (Fsp3) is 0.375. The Kier molecular flexibility index (Phi) is 4.32. The second kappa shape index (κ2) is 5.85. The molecule has 2 aromatic rings. The molecular weight excluding hydrogens is 286 g/mol. The summed E-state index contributed by atoms with van der Waals surface area (Å²) in [6.07, 6.45) is 0.711. The molecule has 0 atom stereocenters. The maximum absolute atomic E-state index is 12.5. The van der Waals surface area contributed by atoms with Gasteiger partial charge in [-0.05, 0) is 36.8 Å². The molecule has 0 radical (unpaired) electrons. The first-order valence-corrected chi connectivity index (χ1v) is 7.81. The molecule has 0 fully saturated rings. The number of rotatable bonds is 5. The maximum Gasteiger partial charge on any atom is 0.329 e. The Bertz CT molecular complexity index is 686. The van der Waals surface area contributed by atoms with E-state index in [2.05, 4.69) is 5.32 Å². The van der Waals surface area contributed by atoms with Gasteiger partial charge in [0.25, 0.3) is 5.91 Å². The molecule has 0 aliphatic heterocycles. The molecule has 1 heterocycles. The molecule has 0 aliphatic carbocycles. The van der Waals surface area contributed by atoms with Crippen LogP contribution in [0.5, 0.6) is 0 Å². The molecule has 1 aromatic heterocycles. The summed E-state index contributed by atoms with van der Waals surface area (Å²) >= 11 is 1.40. The van der Waals surface area contributed by atoms with Gasteiger partial charge in [0.2, 0.25) is 0 Å². The highest BCUT2D eigenvalue weighted by Crippen LogP contribution is 2.31. The standard InChI is InChI=1S/C16H19NO3S/c1-4-16(5-2,15(19)20)17-14(18)13-10(3)11-8-6-7-9-12(11)21-13/h6-9H,4-5H2,1-3H3,(H,17,18)(H,19,20). The number of carboxylic acids is 1. The van der Waals surface area contributed by atoms with Crippen LogP contribution in [0.25, 0.3) is 10.1 Å². The van der Waals surface area contributed by atoms with Gasteiger partial charge < -0.3 is 10.4 Å². The zero-order valence-electron chi connectivity index (χ0n) is 12.4. The lowest BCUT2D eigenvalue weighted by molar-refractivity contribution is -0.144. The summed E-state index contributed by atoms with van der Waals surface area (Å²) in [6.45, 7) is 5.44. The first kappa shape index (κ1) is 15.5. The van der Waals surface area contributed by atoms with Gasteiger partial charge in [0.05, 0.1) is 4.88 Å². The van der Waals surface area contributed by atoms with E-state index in [4.69, 9.17) is 0 Å². The topological polar surface area (TPSA) is 66.4 Å². The van der Waals surface area contributed by atoms with Gasteiger partial charge in [-0.25, -0.2) is 4.79 Å². The molecular formula is C16H19NO3S. The third-order valence-corrected chi connectivity index (χ3v) is 5.29. The summed E-state index contributed by atoms with van der Waals surface area (Å²) in [5.74, 6) is -1.29. The minimum absolute atomic E-state index is 0.306. The van der Waals surface area contributed by atoms with Gasteiger partial charge in [0, 0.05) is 4.70 Å². The number of fused-ring (bicyclic) bond motifs is 1. The van der Waals surface area contributed by atoms with Crippen LogP contribution in [0.15, 0.2) is 24.3 Å². The molecule has 0 bridgehead atoms. The SMILES string of the molecule is CCC(CC)(NC(=O)c1sc2ccccc2c1C)C(=O)O. The summed E-state index contributed by atoms with van der Waals surface area (Å²) in [5, 5.41) is 13.2. The quantitative estimate of drug-likeness (QED) is 0.887. The van der Waals surface area contributed by atoms with Crippen LogP contribution in [-0.2, 0) is 4.79 Å². The first-order chi connectivity index (χ1) is 9.95. The van der Waals surface area contributed by atoms with Gasteiger partial charge in [0.1, 0.15) is 5.54 Å². The maximum atomic E-state index is 12.5. The van der Waals surface area contributed by atoms with Gasteiger partial charge in [-0.15, -0.1) is 11.3 Å². The van der Waals surface area contributed by atoms with Gasteiger partial charge in [-0.3, -0.25) is 4.79 Å². The predicted molar refractivity (Wildman–Crippen MR) is 85.0 cm³/mol. The van der Waals surface area contributed by atoms with Crippen molar-refractivity contribution in [3.8, 4) is 0 Å². The van der Waals surface area contributed by atoms with E-state index >= 15 is 0 Å². The van der Waals surface area contributed by atoms with E-state index in [9.17, 15) is 14.7 Å². The third kappa shape index (κ3) is 2.65. The van der Waals surface area contributed by atoms with Crippen LogP contribution in [0, 0.1) is 6.92 Å². The summed E-state index contributed by atoms with van der Waals surface area (Å²) in [6, 6.07) is 7.80. The van der Waals surface area contributed by atoms with Crippen molar-refractivity contribution in [3.05, 3.63) is 34.7 Å². The number of benzene rings is 1. The lowest BCUT2D eigenvalue weighted by atomic mass is 9.92. The van der Waals surface area contributed by atoms with Crippen molar-refractivity contribution in [1.29, 1.82) is 0 Å². The minimum Gasteiger partial charge on any atom is -0.480 e. The zero-order chi connectivity index (χ0) is 15.6. The van der Waals surface area contributed by atoms with Crippen LogP contribution in [-0.4, -0.2) is 22.5 Å². The smallest absolute Gasteiger partial charge is 0.329 e.